The predicted molar refractivity (Wildman–Crippen MR) is 122 cm³/mol. The molecule has 1 amide bonds. The zero-order chi connectivity index (χ0) is 23.5. The van der Waals surface area contributed by atoms with Crippen molar-refractivity contribution in [3.05, 3.63) is 53.6 Å². The first-order valence-electron chi connectivity index (χ1n) is 10.2. The Morgan fingerprint density at radius 2 is 1.59 bits per heavy atom. The molecule has 3 N–H and O–H groups in total. The van der Waals surface area contributed by atoms with E-state index in [1.807, 2.05) is 13.0 Å². The summed E-state index contributed by atoms with van der Waals surface area (Å²) >= 11 is 0. The van der Waals surface area contributed by atoms with Crippen molar-refractivity contribution in [3.63, 3.8) is 0 Å². The van der Waals surface area contributed by atoms with Crippen LogP contribution in [0.4, 0.5) is 5.69 Å². The first-order valence-corrected chi connectivity index (χ1v) is 13.2. The first-order chi connectivity index (χ1) is 15.0. The molecular formula is C21H28N4O5S2. The van der Waals surface area contributed by atoms with E-state index in [-0.39, 0.29) is 17.2 Å². The average Bonchev–Trinajstić information content (AvgIpc) is 2.72. The van der Waals surface area contributed by atoms with Gasteiger partial charge in [-0.25, -0.2) is 22.0 Å². The lowest BCUT2D eigenvalue weighted by Crippen LogP contribution is -2.49. The Kier molecular flexibility index (Phi) is 7.36. The van der Waals surface area contributed by atoms with Crippen LogP contribution < -0.4 is 10.5 Å². The van der Waals surface area contributed by atoms with Crippen LogP contribution in [-0.2, 0) is 24.8 Å². The number of aryl methyl sites for hydroxylation is 2. The van der Waals surface area contributed by atoms with Gasteiger partial charge in [0.25, 0.3) is 0 Å². The van der Waals surface area contributed by atoms with Crippen molar-refractivity contribution < 1.29 is 21.6 Å². The highest BCUT2D eigenvalue weighted by Crippen LogP contribution is 2.22. The van der Waals surface area contributed by atoms with Crippen LogP contribution in [0.1, 0.15) is 17.5 Å². The van der Waals surface area contributed by atoms with Crippen LogP contribution in [-0.4, -0.2) is 64.7 Å². The van der Waals surface area contributed by atoms with E-state index in [0.29, 0.717) is 43.3 Å². The van der Waals surface area contributed by atoms with Gasteiger partial charge in [0.15, 0.2) is 0 Å². The van der Waals surface area contributed by atoms with Crippen LogP contribution >= 0.6 is 0 Å². The molecule has 1 heterocycles. The Bertz CT molecular complexity index is 1190. The lowest BCUT2D eigenvalue weighted by molar-refractivity contribution is -0.116. The van der Waals surface area contributed by atoms with Crippen LogP contribution in [0, 0.1) is 13.8 Å². The van der Waals surface area contributed by atoms with E-state index in [2.05, 4.69) is 10.2 Å². The highest BCUT2D eigenvalue weighted by Gasteiger charge is 2.29. The Morgan fingerprint density at radius 3 is 2.16 bits per heavy atom. The maximum atomic E-state index is 13.0. The van der Waals surface area contributed by atoms with Crippen molar-refractivity contribution in [1.29, 1.82) is 0 Å². The fourth-order valence-electron chi connectivity index (χ4n) is 3.63. The van der Waals surface area contributed by atoms with E-state index in [4.69, 9.17) is 5.14 Å². The monoisotopic (exact) mass is 480 g/mol. The molecule has 0 bridgehead atoms. The van der Waals surface area contributed by atoms with Gasteiger partial charge in [0, 0.05) is 44.8 Å². The molecule has 0 unspecified atom stereocenters. The summed E-state index contributed by atoms with van der Waals surface area (Å²) in [6, 6.07) is 11.0. The minimum absolute atomic E-state index is 0.0239. The minimum Gasteiger partial charge on any atom is -0.326 e. The Morgan fingerprint density at radius 1 is 0.969 bits per heavy atom. The standard InChI is InChI=1S/C21H28N4O5S2/c1-16-3-8-20(17(2)15-16)32(29,30)25-13-11-24(12-14-25)10-9-21(26)23-18-4-6-19(7-5-18)31(22,27)28/h3-8,15H,9-14H2,1-2H3,(H,23,26)(H2,22,27,28). The van der Waals surface area contributed by atoms with Crippen LogP contribution in [0.25, 0.3) is 0 Å². The average molecular weight is 481 g/mol. The summed E-state index contributed by atoms with van der Waals surface area (Å²) < 4.78 is 50.0. The fourth-order valence-corrected chi connectivity index (χ4v) is 5.78. The molecule has 0 aromatic heterocycles. The first kappa shape index (κ1) is 24.3. The molecule has 174 valence electrons. The molecule has 32 heavy (non-hydrogen) atoms. The molecule has 0 saturated carbocycles. The number of piperazine rings is 1. The molecule has 1 aliphatic heterocycles. The normalized spacial score (nSPS) is 16.1. The second-order valence-electron chi connectivity index (χ2n) is 7.88. The van der Waals surface area contributed by atoms with Gasteiger partial charge >= 0.3 is 0 Å². The topological polar surface area (TPSA) is 130 Å². The van der Waals surface area contributed by atoms with Gasteiger partial charge in [0.05, 0.1) is 9.79 Å². The van der Waals surface area contributed by atoms with Crippen LogP contribution in [0.3, 0.4) is 0 Å². The molecule has 1 aliphatic rings. The van der Waals surface area contributed by atoms with Crippen molar-refractivity contribution in [2.24, 2.45) is 5.14 Å². The Hall–Kier alpha value is -2.31. The molecule has 1 fully saturated rings. The molecule has 0 radical (unpaired) electrons. The lowest BCUT2D eigenvalue weighted by Gasteiger charge is -2.34. The number of sulfonamides is 2. The van der Waals surface area contributed by atoms with Crippen molar-refractivity contribution in [1.82, 2.24) is 9.21 Å². The Balaban J connectivity index is 1.49. The summed E-state index contributed by atoms with van der Waals surface area (Å²) in [6.07, 6.45) is 0.237. The number of nitrogens with zero attached hydrogens (tertiary/aromatic N) is 2. The van der Waals surface area contributed by atoms with Crippen molar-refractivity contribution in [3.8, 4) is 0 Å². The van der Waals surface area contributed by atoms with E-state index < -0.39 is 20.0 Å². The summed E-state index contributed by atoms with van der Waals surface area (Å²) in [5, 5.41) is 7.78. The van der Waals surface area contributed by atoms with Gasteiger partial charge in [-0.1, -0.05) is 17.7 Å². The number of hydrogen-bond donors (Lipinski definition) is 2. The van der Waals surface area contributed by atoms with Crippen LogP contribution in [0.15, 0.2) is 52.3 Å². The number of rotatable bonds is 7. The largest absolute Gasteiger partial charge is 0.326 e. The molecule has 0 aliphatic carbocycles. The summed E-state index contributed by atoms with van der Waals surface area (Å²) in [5.41, 5.74) is 2.23. The van der Waals surface area contributed by atoms with Crippen molar-refractivity contribution >= 4 is 31.6 Å². The fraction of sp³-hybridized carbons (Fsp3) is 0.381. The lowest BCUT2D eigenvalue weighted by atomic mass is 10.2. The molecule has 0 spiro atoms. The smallest absolute Gasteiger partial charge is 0.243 e. The number of amides is 1. The highest BCUT2D eigenvalue weighted by molar-refractivity contribution is 7.89. The van der Waals surface area contributed by atoms with Gasteiger partial charge in [-0.15, -0.1) is 0 Å². The van der Waals surface area contributed by atoms with Gasteiger partial charge in [-0.2, -0.15) is 4.31 Å². The van der Waals surface area contributed by atoms with Crippen molar-refractivity contribution in [2.45, 2.75) is 30.1 Å². The third kappa shape index (κ3) is 5.93. The number of nitrogens with two attached hydrogens (primary N) is 1. The molecule has 11 heteroatoms. The molecule has 0 atom stereocenters. The molecule has 1 saturated heterocycles. The maximum absolute atomic E-state index is 13.0. The van der Waals surface area contributed by atoms with E-state index in [1.54, 1.807) is 19.1 Å². The van der Waals surface area contributed by atoms with Gasteiger partial charge < -0.3 is 10.2 Å². The predicted octanol–water partition coefficient (Wildman–Crippen LogP) is 1.29. The third-order valence-electron chi connectivity index (χ3n) is 5.40. The van der Waals surface area contributed by atoms with E-state index in [9.17, 15) is 21.6 Å². The number of carbonyl (C=O) groups is 1. The zero-order valence-electron chi connectivity index (χ0n) is 18.1. The third-order valence-corrected chi connectivity index (χ3v) is 8.39. The second-order valence-corrected chi connectivity index (χ2v) is 11.4. The van der Waals surface area contributed by atoms with Gasteiger partial charge in [-0.05, 0) is 49.7 Å². The number of primary sulfonamides is 1. The summed E-state index contributed by atoms with van der Waals surface area (Å²) in [5.74, 6) is -0.210. The summed E-state index contributed by atoms with van der Waals surface area (Å²) in [6.45, 7) is 6.05. The maximum Gasteiger partial charge on any atom is 0.243 e. The zero-order valence-corrected chi connectivity index (χ0v) is 19.7. The Labute approximate surface area is 189 Å². The minimum atomic E-state index is -3.78. The number of anilines is 1. The van der Waals surface area contributed by atoms with Gasteiger partial charge in [0.2, 0.25) is 26.0 Å². The van der Waals surface area contributed by atoms with E-state index >= 15 is 0 Å². The van der Waals surface area contributed by atoms with E-state index in [0.717, 1.165) is 11.1 Å². The summed E-state index contributed by atoms with van der Waals surface area (Å²) in [4.78, 5) is 14.6. The number of nitrogens with one attached hydrogen (secondary N) is 1. The van der Waals surface area contributed by atoms with Gasteiger partial charge in [-0.3, -0.25) is 4.79 Å². The molecule has 9 nitrogen and oxygen atoms in total. The SMILES string of the molecule is Cc1ccc(S(=O)(=O)N2CCN(CCC(=O)Nc3ccc(S(N)(=O)=O)cc3)CC2)c(C)c1. The molecule has 3 rings (SSSR count). The van der Waals surface area contributed by atoms with Crippen molar-refractivity contribution in [2.75, 3.05) is 38.0 Å². The molecule has 2 aromatic carbocycles. The van der Waals surface area contributed by atoms with Gasteiger partial charge in [0.1, 0.15) is 0 Å². The van der Waals surface area contributed by atoms with Crippen LogP contribution in [0.2, 0.25) is 0 Å². The number of hydrogen-bond acceptors (Lipinski definition) is 6. The highest BCUT2D eigenvalue weighted by atomic mass is 32.2. The number of benzene rings is 2. The molecule has 2 aromatic rings. The molecular weight excluding hydrogens is 452 g/mol. The second kappa shape index (κ2) is 9.67. The number of carbonyl (C=O) groups excluding carboxylic acids is 1. The summed E-state index contributed by atoms with van der Waals surface area (Å²) in [7, 11) is -7.32. The van der Waals surface area contributed by atoms with E-state index in [1.165, 1.54) is 28.6 Å². The quantitative estimate of drug-likeness (QED) is 0.614. The van der Waals surface area contributed by atoms with Crippen LogP contribution in [0.5, 0.6) is 0 Å².